The van der Waals surface area contributed by atoms with Crippen LogP contribution in [0.2, 0.25) is 0 Å². The van der Waals surface area contributed by atoms with E-state index in [1.165, 1.54) is 6.20 Å². The second-order valence-electron chi connectivity index (χ2n) is 7.49. The predicted octanol–water partition coefficient (Wildman–Crippen LogP) is 4.70. The molecule has 0 saturated heterocycles. The summed E-state index contributed by atoms with van der Waals surface area (Å²) in [6.07, 6.45) is 1.46. The Hall–Kier alpha value is -4.37. The van der Waals surface area contributed by atoms with Crippen molar-refractivity contribution in [2.24, 2.45) is 0 Å². The summed E-state index contributed by atoms with van der Waals surface area (Å²) in [5.41, 5.74) is 4.29. The van der Waals surface area contributed by atoms with Crippen LogP contribution in [0.1, 0.15) is 16.7 Å². The summed E-state index contributed by atoms with van der Waals surface area (Å²) >= 11 is 0. The average molecular weight is 422 g/mol. The van der Waals surface area contributed by atoms with E-state index in [4.69, 9.17) is 0 Å². The van der Waals surface area contributed by atoms with Crippen LogP contribution in [0.5, 0.6) is 0 Å². The van der Waals surface area contributed by atoms with E-state index in [1.807, 2.05) is 96.8 Å². The zero-order chi connectivity index (χ0) is 22.3. The van der Waals surface area contributed by atoms with Crippen molar-refractivity contribution in [3.63, 3.8) is 0 Å². The van der Waals surface area contributed by atoms with Crippen LogP contribution in [-0.2, 0) is 11.3 Å². The molecule has 0 atom stereocenters. The molecule has 1 amide bonds. The van der Waals surface area contributed by atoms with Gasteiger partial charge in [0, 0.05) is 12.2 Å². The van der Waals surface area contributed by atoms with Crippen molar-refractivity contribution in [1.82, 2.24) is 9.78 Å². The third kappa shape index (κ3) is 4.85. The fraction of sp³-hybridized carbons (Fsp3) is 0.115. The lowest BCUT2D eigenvalue weighted by Crippen LogP contribution is -2.33. The monoisotopic (exact) mass is 421 g/mol. The first-order chi connectivity index (χ1) is 15.6. The van der Waals surface area contributed by atoms with Gasteiger partial charge < -0.3 is 10.2 Å². The Morgan fingerprint density at radius 1 is 1.00 bits per heavy atom. The maximum Gasteiger partial charge on any atom is 0.245 e. The van der Waals surface area contributed by atoms with Gasteiger partial charge in [-0.1, -0.05) is 66.2 Å². The quantitative estimate of drug-likeness (QED) is 0.469. The number of aryl methyl sites for hydroxylation is 1. The molecule has 32 heavy (non-hydrogen) atoms. The molecule has 0 aliphatic carbocycles. The number of aromatic nitrogens is 2. The molecule has 0 radical (unpaired) electrons. The molecule has 3 aromatic carbocycles. The lowest BCUT2D eigenvalue weighted by atomic mass is 10.1. The van der Waals surface area contributed by atoms with E-state index < -0.39 is 0 Å². The molecule has 0 fully saturated rings. The Balaban J connectivity index is 1.58. The van der Waals surface area contributed by atoms with Gasteiger partial charge in [-0.15, -0.1) is 0 Å². The van der Waals surface area contributed by atoms with Gasteiger partial charge in [-0.2, -0.15) is 10.4 Å². The fourth-order valence-electron chi connectivity index (χ4n) is 3.46. The first kappa shape index (κ1) is 20.9. The van der Waals surface area contributed by atoms with Gasteiger partial charge in [-0.3, -0.25) is 4.79 Å². The van der Waals surface area contributed by atoms with Crippen molar-refractivity contribution in [2.75, 3.05) is 16.8 Å². The van der Waals surface area contributed by atoms with Gasteiger partial charge in [0.1, 0.15) is 11.6 Å². The Morgan fingerprint density at radius 3 is 2.31 bits per heavy atom. The summed E-state index contributed by atoms with van der Waals surface area (Å²) in [7, 11) is 0. The van der Waals surface area contributed by atoms with Crippen molar-refractivity contribution < 1.29 is 4.79 Å². The number of carbonyl (C=O) groups is 1. The number of nitriles is 1. The fourth-order valence-corrected chi connectivity index (χ4v) is 3.46. The average Bonchev–Trinajstić information content (AvgIpc) is 3.22. The molecule has 1 heterocycles. The van der Waals surface area contributed by atoms with Gasteiger partial charge in [0.05, 0.1) is 18.4 Å². The first-order valence-electron chi connectivity index (χ1n) is 10.3. The van der Waals surface area contributed by atoms with E-state index >= 15 is 0 Å². The number of nitrogens with zero attached hydrogens (tertiary/aromatic N) is 4. The SMILES string of the molecule is Cc1ccc(N(CC(=O)Nc2c(C#N)cnn2-c2ccccc2)Cc2ccccc2)cc1. The first-order valence-corrected chi connectivity index (χ1v) is 10.3. The van der Waals surface area contributed by atoms with Crippen molar-refractivity contribution in [1.29, 1.82) is 5.26 Å². The van der Waals surface area contributed by atoms with E-state index in [0.717, 1.165) is 22.5 Å². The normalized spacial score (nSPS) is 10.4. The molecule has 6 nitrogen and oxygen atoms in total. The number of para-hydroxylation sites is 1. The highest BCUT2D eigenvalue weighted by Crippen LogP contribution is 2.21. The standard InChI is InChI=1S/C26H23N5O/c1-20-12-14-23(15-13-20)30(18-21-8-4-2-5-9-21)19-25(32)29-26-22(16-27)17-28-31(26)24-10-6-3-7-11-24/h2-15,17H,18-19H2,1H3,(H,29,32). The molecule has 1 N–H and O–H groups in total. The molecule has 4 rings (SSSR count). The minimum Gasteiger partial charge on any atom is -0.358 e. The predicted molar refractivity (Wildman–Crippen MR) is 126 cm³/mol. The molecule has 0 aliphatic heterocycles. The van der Waals surface area contributed by atoms with Gasteiger partial charge >= 0.3 is 0 Å². The third-order valence-electron chi connectivity index (χ3n) is 5.10. The smallest absolute Gasteiger partial charge is 0.245 e. The van der Waals surface area contributed by atoms with Crippen LogP contribution in [0, 0.1) is 18.3 Å². The number of benzene rings is 3. The van der Waals surface area contributed by atoms with Crippen molar-refractivity contribution in [2.45, 2.75) is 13.5 Å². The van der Waals surface area contributed by atoms with Gasteiger partial charge in [-0.05, 0) is 36.8 Å². The molecule has 0 bridgehead atoms. The highest BCUT2D eigenvalue weighted by atomic mass is 16.2. The number of hydrogen-bond donors (Lipinski definition) is 1. The summed E-state index contributed by atoms with van der Waals surface area (Å²) in [6, 6.07) is 29.6. The van der Waals surface area contributed by atoms with Crippen LogP contribution < -0.4 is 10.2 Å². The third-order valence-corrected chi connectivity index (χ3v) is 5.10. The largest absolute Gasteiger partial charge is 0.358 e. The molecular weight excluding hydrogens is 398 g/mol. The number of amides is 1. The minimum atomic E-state index is -0.226. The van der Waals surface area contributed by atoms with E-state index in [0.29, 0.717) is 17.9 Å². The van der Waals surface area contributed by atoms with Crippen molar-refractivity contribution in [3.8, 4) is 11.8 Å². The molecule has 6 heteroatoms. The van der Waals surface area contributed by atoms with Crippen LogP contribution in [0.4, 0.5) is 11.5 Å². The Labute approximate surface area is 187 Å². The molecule has 0 unspecified atom stereocenters. The van der Waals surface area contributed by atoms with Crippen molar-refractivity contribution >= 4 is 17.4 Å². The van der Waals surface area contributed by atoms with E-state index in [-0.39, 0.29) is 12.5 Å². The van der Waals surface area contributed by atoms with Gasteiger partial charge in [0.2, 0.25) is 5.91 Å². The molecule has 158 valence electrons. The number of hydrogen-bond acceptors (Lipinski definition) is 4. The maximum atomic E-state index is 13.1. The lowest BCUT2D eigenvalue weighted by molar-refractivity contribution is -0.115. The van der Waals surface area contributed by atoms with Crippen molar-refractivity contribution in [3.05, 3.63) is 108 Å². The Morgan fingerprint density at radius 2 is 1.66 bits per heavy atom. The minimum absolute atomic E-state index is 0.128. The number of nitrogens with one attached hydrogen (secondary N) is 1. The van der Waals surface area contributed by atoms with E-state index in [1.54, 1.807) is 4.68 Å². The summed E-state index contributed by atoms with van der Waals surface area (Å²) in [5.74, 6) is 0.142. The van der Waals surface area contributed by atoms with Gasteiger partial charge in [-0.25, -0.2) is 4.68 Å². The molecule has 0 aliphatic rings. The summed E-state index contributed by atoms with van der Waals surface area (Å²) in [5, 5.41) is 16.7. The molecule has 4 aromatic rings. The lowest BCUT2D eigenvalue weighted by Gasteiger charge is -2.25. The summed E-state index contributed by atoms with van der Waals surface area (Å²) in [6.45, 7) is 2.75. The van der Waals surface area contributed by atoms with Crippen LogP contribution in [-0.4, -0.2) is 22.2 Å². The molecular formula is C26H23N5O. The molecule has 0 spiro atoms. The van der Waals surface area contributed by atoms with Gasteiger partial charge in [0.25, 0.3) is 0 Å². The summed E-state index contributed by atoms with van der Waals surface area (Å²) < 4.78 is 1.57. The van der Waals surface area contributed by atoms with Crippen LogP contribution in [0.3, 0.4) is 0 Å². The zero-order valence-corrected chi connectivity index (χ0v) is 17.8. The Kier molecular flexibility index (Phi) is 6.28. The van der Waals surface area contributed by atoms with Gasteiger partial charge in [0.15, 0.2) is 5.82 Å². The maximum absolute atomic E-state index is 13.1. The van der Waals surface area contributed by atoms with E-state index in [2.05, 4.69) is 16.5 Å². The highest BCUT2D eigenvalue weighted by Gasteiger charge is 2.18. The van der Waals surface area contributed by atoms with E-state index in [9.17, 15) is 10.1 Å². The number of anilines is 2. The molecule has 1 aromatic heterocycles. The summed E-state index contributed by atoms with van der Waals surface area (Å²) in [4.78, 5) is 15.1. The van der Waals surface area contributed by atoms with Crippen LogP contribution in [0.25, 0.3) is 5.69 Å². The van der Waals surface area contributed by atoms with Crippen LogP contribution in [0.15, 0.2) is 91.1 Å². The number of carbonyl (C=O) groups excluding carboxylic acids is 1. The molecule has 0 saturated carbocycles. The topological polar surface area (TPSA) is 74.0 Å². The Bertz CT molecular complexity index is 1220. The zero-order valence-electron chi connectivity index (χ0n) is 17.8. The number of rotatable bonds is 7. The second kappa shape index (κ2) is 9.63. The second-order valence-corrected chi connectivity index (χ2v) is 7.49. The highest BCUT2D eigenvalue weighted by molar-refractivity contribution is 5.94. The van der Waals surface area contributed by atoms with Crippen LogP contribution >= 0.6 is 0 Å².